The molecule has 0 aliphatic carbocycles. The number of hydrogen-bond donors (Lipinski definition) is 2. The largest absolute Gasteiger partial charge is 0.497 e. The summed E-state index contributed by atoms with van der Waals surface area (Å²) in [5.74, 6) is 1.37. The fraction of sp³-hybridized carbons (Fsp3) is 0.429. The summed E-state index contributed by atoms with van der Waals surface area (Å²) in [5, 5.41) is 13.9. The third-order valence-electron chi connectivity index (χ3n) is 4.49. The Morgan fingerprint density at radius 1 is 1.00 bits per heavy atom. The van der Waals surface area contributed by atoms with Crippen LogP contribution in [0.5, 0.6) is 5.75 Å². The van der Waals surface area contributed by atoms with Gasteiger partial charge in [-0.1, -0.05) is 49.4 Å². The summed E-state index contributed by atoms with van der Waals surface area (Å²) >= 11 is 0. The van der Waals surface area contributed by atoms with E-state index in [4.69, 9.17) is 4.74 Å². The summed E-state index contributed by atoms with van der Waals surface area (Å²) in [5.41, 5.74) is 2.29. The van der Waals surface area contributed by atoms with E-state index in [-0.39, 0.29) is 6.04 Å². The van der Waals surface area contributed by atoms with E-state index in [0.717, 1.165) is 30.7 Å². The van der Waals surface area contributed by atoms with Gasteiger partial charge in [-0.3, -0.25) is 0 Å². The van der Waals surface area contributed by atoms with E-state index in [9.17, 15) is 5.11 Å². The zero-order valence-corrected chi connectivity index (χ0v) is 14.9. The topological polar surface area (TPSA) is 41.5 Å². The highest BCUT2D eigenvalue weighted by Crippen LogP contribution is 2.20. The van der Waals surface area contributed by atoms with Crippen molar-refractivity contribution in [2.45, 2.75) is 38.8 Å². The Morgan fingerprint density at radius 3 is 2.29 bits per heavy atom. The second-order valence-corrected chi connectivity index (χ2v) is 6.54. The molecule has 0 spiro atoms. The van der Waals surface area contributed by atoms with Crippen LogP contribution < -0.4 is 10.1 Å². The average molecular weight is 327 g/mol. The minimum atomic E-state index is -0.516. The molecule has 0 saturated carbocycles. The van der Waals surface area contributed by atoms with E-state index < -0.39 is 6.10 Å². The molecule has 24 heavy (non-hydrogen) atoms. The summed E-state index contributed by atoms with van der Waals surface area (Å²) in [7, 11) is 1.65. The van der Waals surface area contributed by atoms with Crippen LogP contribution >= 0.6 is 0 Å². The van der Waals surface area contributed by atoms with Gasteiger partial charge in [-0.25, -0.2) is 0 Å². The van der Waals surface area contributed by atoms with E-state index in [1.54, 1.807) is 7.11 Å². The number of aliphatic hydroxyl groups excluding tert-OH is 1. The number of aliphatic hydroxyl groups is 1. The highest BCUT2D eigenvalue weighted by atomic mass is 16.5. The molecule has 2 N–H and O–H groups in total. The number of methoxy groups -OCH3 is 1. The zero-order valence-electron chi connectivity index (χ0n) is 14.9. The second kappa shape index (κ2) is 9.45. The zero-order chi connectivity index (χ0) is 17.4. The van der Waals surface area contributed by atoms with Gasteiger partial charge in [-0.15, -0.1) is 0 Å². The highest BCUT2D eigenvalue weighted by Gasteiger charge is 2.16. The molecule has 3 nitrogen and oxygen atoms in total. The van der Waals surface area contributed by atoms with Crippen molar-refractivity contribution >= 4 is 0 Å². The molecule has 0 heterocycles. The monoisotopic (exact) mass is 327 g/mol. The van der Waals surface area contributed by atoms with Crippen LogP contribution in [-0.4, -0.2) is 24.8 Å². The van der Waals surface area contributed by atoms with Gasteiger partial charge in [0, 0.05) is 6.04 Å². The van der Waals surface area contributed by atoms with Gasteiger partial charge in [0.1, 0.15) is 5.75 Å². The lowest BCUT2D eigenvalue weighted by atomic mass is 9.99. The molecular weight excluding hydrogens is 298 g/mol. The predicted octanol–water partition coefficient (Wildman–Crippen LogP) is 3.98. The quantitative estimate of drug-likeness (QED) is 0.732. The van der Waals surface area contributed by atoms with Crippen molar-refractivity contribution in [2.75, 3.05) is 13.7 Å². The number of benzene rings is 2. The van der Waals surface area contributed by atoms with Gasteiger partial charge in [0.25, 0.3) is 0 Å². The Kier molecular flexibility index (Phi) is 7.29. The molecule has 0 aliphatic rings. The van der Waals surface area contributed by atoms with E-state index in [0.29, 0.717) is 5.92 Å². The molecule has 2 aromatic carbocycles. The van der Waals surface area contributed by atoms with Gasteiger partial charge < -0.3 is 15.2 Å². The van der Waals surface area contributed by atoms with Crippen LogP contribution in [0.2, 0.25) is 0 Å². The van der Waals surface area contributed by atoms with Crippen molar-refractivity contribution in [3.05, 3.63) is 65.7 Å². The third-order valence-corrected chi connectivity index (χ3v) is 4.49. The second-order valence-electron chi connectivity index (χ2n) is 6.54. The Hall–Kier alpha value is -1.84. The molecule has 0 fully saturated rings. The lowest BCUT2D eigenvalue weighted by molar-refractivity contribution is 0.133. The van der Waals surface area contributed by atoms with Crippen molar-refractivity contribution in [1.29, 1.82) is 0 Å². The summed E-state index contributed by atoms with van der Waals surface area (Å²) in [6, 6.07) is 18.2. The van der Waals surface area contributed by atoms with Crippen LogP contribution in [0.3, 0.4) is 0 Å². The first-order valence-corrected chi connectivity index (χ1v) is 8.69. The van der Waals surface area contributed by atoms with E-state index in [1.165, 1.54) is 5.56 Å². The number of rotatable bonds is 9. The van der Waals surface area contributed by atoms with Crippen LogP contribution in [0, 0.1) is 5.92 Å². The number of aryl methyl sites for hydroxylation is 1. The molecule has 0 aliphatic heterocycles. The Bertz CT molecular complexity index is 583. The molecule has 130 valence electrons. The summed E-state index contributed by atoms with van der Waals surface area (Å²) in [4.78, 5) is 0. The molecule has 0 radical (unpaired) electrons. The molecule has 0 saturated heterocycles. The van der Waals surface area contributed by atoms with Crippen molar-refractivity contribution in [3.63, 3.8) is 0 Å². The average Bonchev–Trinajstić information content (AvgIpc) is 2.64. The van der Waals surface area contributed by atoms with Crippen LogP contribution in [0.25, 0.3) is 0 Å². The minimum Gasteiger partial charge on any atom is -0.497 e. The Labute approximate surface area is 145 Å². The molecule has 0 bridgehead atoms. The van der Waals surface area contributed by atoms with Crippen molar-refractivity contribution in [2.24, 2.45) is 5.92 Å². The fourth-order valence-electron chi connectivity index (χ4n) is 2.75. The molecule has 0 unspecified atom stereocenters. The van der Waals surface area contributed by atoms with Crippen LogP contribution in [0.1, 0.15) is 37.5 Å². The molecule has 2 aromatic rings. The normalized spacial score (nSPS) is 14.8. The first-order chi connectivity index (χ1) is 11.6. The predicted molar refractivity (Wildman–Crippen MR) is 99.3 cm³/mol. The Morgan fingerprint density at radius 2 is 1.67 bits per heavy atom. The molecule has 0 amide bonds. The maximum atomic E-state index is 10.5. The van der Waals surface area contributed by atoms with E-state index >= 15 is 0 Å². The first-order valence-electron chi connectivity index (χ1n) is 8.69. The van der Waals surface area contributed by atoms with Gasteiger partial charge >= 0.3 is 0 Å². The van der Waals surface area contributed by atoms with Crippen molar-refractivity contribution < 1.29 is 9.84 Å². The first kappa shape index (κ1) is 18.5. The maximum Gasteiger partial charge on any atom is 0.118 e. The smallest absolute Gasteiger partial charge is 0.118 e. The van der Waals surface area contributed by atoms with Gasteiger partial charge in [0.05, 0.1) is 13.2 Å². The van der Waals surface area contributed by atoms with Gasteiger partial charge in [-0.05, 0) is 55.5 Å². The van der Waals surface area contributed by atoms with Crippen LogP contribution in [0.4, 0.5) is 0 Å². The highest BCUT2D eigenvalue weighted by molar-refractivity contribution is 5.29. The molecule has 2 rings (SSSR count). The van der Waals surface area contributed by atoms with Gasteiger partial charge in [-0.2, -0.15) is 0 Å². The third kappa shape index (κ3) is 5.66. The van der Waals surface area contributed by atoms with E-state index in [1.807, 2.05) is 31.2 Å². The number of nitrogens with one attached hydrogen (secondary N) is 1. The molecular formula is C21H29NO2. The maximum absolute atomic E-state index is 10.5. The summed E-state index contributed by atoms with van der Waals surface area (Å²) in [6.07, 6.45) is 1.72. The molecule has 3 heteroatoms. The van der Waals surface area contributed by atoms with Gasteiger partial charge in [0.2, 0.25) is 0 Å². The standard InChI is InChI=1S/C21H29NO2/c1-16(9-10-18-7-5-4-6-8-18)15-22-17(2)21(23)19-11-13-20(24-3)14-12-19/h4-8,11-14,16-17,21-23H,9-10,15H2,1-3H3/t16-,17+,21+/m0/s1. The van der Waals surface area contributed by atoms with Crippen molar-refractivity contribution in [1.82, 2.24) is 5.32 Å². The van der Waals surface area contributed by atoms with Crippen molar-refractivity contribution in [3.8, 4) is 5.75 Å². The van der Waals surface area contributed by atoms with E-state index in [2.05, 4.69) is 42.6 Å². The fourth-order valence-corrected chi connectivity index (χ4v) is 2.75. The van der Waals surface area contributed by atoms with Crippen LogP contribution in [0.15, 0.2) is 54.6 Å². The SMILES string of the molecule is COc1ccc([C@H](O)[C@@H](C)NC[C@@H](C)CCc2ccccc2)cc1. The number of ether oxygens (including phenoxy) is 1. The molecule has 3 atom stereocenters. The van der Waals surface area contributed by atoms with Gasteiger partial charge in [0.15, 0.2) is 0 Å². The molecule has 0 aromatic heterocycles. The summed E-state index contributed by atoms with van der Waals surface area (Å²) < 4.78 is 5.15. The Balaban J connectivity index is 1.75. The lowest BCUT2D eigenvalue weighted by Crippen LogP contribution is -2.35. The van der Waals surface area contributed by atoms with Crippen LogP contribution in [-0.2, 0) is 6.42 Å². The lowest BCUT2D eigenvalue weighted by Gasteiger charge is -2.23. The summed E-state index contributed by atoms with van der Waals surface area (Å²) in [6.45, 7) is 5.18. The minimum absolute atomic E-state index is 0.0116. The number of hydrogen-bond acceptors (Lipinski definition) is 3.